The zero-order valence-corrected chi connectivity index (χ0v) is 6.29. The summed E-state index contributed by atoms with van der Waals surface area (Å²) in [5, 5.41) is 8.37. The van der Waals surface area contributed by atoms with E-state index in [9.17, 15) is 4.79 Å². The number of carbonyl (C=O) groups is 1. The van der Waals surface area contributed by atoms with Crippen LogP contribution in [0.15, 0.2) is 6.33 Å². The van der Waals surface area contributed by atoms with Gasteiger partial charge in [0, 0.05) is 5.69 Å². The predicted octanol–water partition coefficient (Wildman–Crippen LogP) is 0.735. The monoisotopic (exact) mass is 154 g/mol. The van der Waals surface area contributed by atoms with Crippen molar-refractivity contribution >= 4 is 5.97 Å². The summed E-state index contributed by atoms with van der Waals surface area (Å²) in [5.74, 6) is -0.779. The smallest absolute Gasteiger partial charge is 0.303 e. The van der Waals surface area contributed by atoms with Gasteiger partial charge >= 0.3 is 5.97 Å². The normalized spacial score (nSPS) is 9.91. The first-order valence-corrected chi connectivity index (χ1v) is 3.41. The second kappa shape index (κ2) is 3.18. The molecule has 0 bridgehead atoms. The molecular formula is C7H10N2O2. The summed E-state index contributed by atoms with van der Waals surface area (Å²) in [6, 6.07) is 0. The minimum atomic E-state index is -0.779. The number of rotatable bonds is 3. The Morgan fingerprint density at radius 3 is 3.00 bits per heavy atom. The molecule has 11 heavy (non-hydrogen) atoms. The van der Waals surface area contributed by atoms with Gasteiger partial charge in [-0.25, -0.2) is 4.98 Å². The molecule has 0 fully saturated rings. The van der Waals surface area contributed by atoms with E-state index in [1.165, 1.54) is 0 Å². The maximum Gasteiger partial charge on any atom is 0.303 e. The highest BCUT2D eigenvalue weighted by molar-refractivity contribution is 5.66. The van der Waals surface area contributed by atoms with Crippen molar-refractivity contribution < 1.29 is 9.90 Å². The molecule has 0 atom stereocenters. The van der Waals surface area contributed by atoms with Crippen LogP contribution in [-0.4, -0.2) is 21.0 Å². The second-order valence-corrected chi connectivity index (χ2v) is 2.36. The van der Waals surface area contributed by atoms with Crippen LogP contribution in [0.3, 0.4) is 0 Å². The molecule has 1 aromatic rings. The summed E-state index contributed by atoms with van der Waals surface area (Å²) in [4.78, 5) is 17.0. The van der Waals surface area contributed by atoms with Gasteiger partial charge in [0.2, 0.25) is 0 Å². The largest absolute Gasteiger partial charge is 0.481 e. The van der Waals surface area contributed by atoms with Crippen LogP contribution in [0.1, 0.15) is 17.8 Å². The lowest BCUT2D eigenvalue weighted by molar-refractivity contribution is -0.136. The summed E-state index contributed by atoms with van der Waals surface area (Å²) in [5.41, 5.74) is 1.79. The molecule has 0 amide bonds. The lowest BCUT2D eigenvalue weighted by Crippen LogP contribution is -1.98. The fourth-order valence-electron chi connectivity index (χ4n) is 0.874. The van der Waals surface area contributed by atoms with Crippen LogP contribution in [0.4, 0.5) is 0 Å². The summed E-state index contributed by atoms with van der Waals surface area (Å²) >= 11 is 0. The van der Waals surface area contributed by atoms with Crippen LogP contribution in [0.2, 0.25) is 0 Å². The zero-order chi connectivity index (χ0) is 8.27. The highest BCUT2D eigenvalue weighted by Gasteiger charge is 2.02. The molecule has 0 radical (unpaired) electrons. The van der Waals surface area contributed by atoms with Crippen molar-refractivity contribution in [1.82, 2.24) is 9.97 Å². The van der Waals surface area contributed by atoms with Crippen molar-refractivity contribution in [1.29, 1.82) is 0 Å². The third-order valence-corrected chi connectivity index (χ3v) is 1.52. The molecule has 4 heteroatoms. The molecule has 1 rings (SSSR count). The highest BCUT2D eigenvalue weighted by atomic mass is 16.4. The number of hydrogen-bond acceptors (Lipinski definition) is 2. The fourth-order valence-corrected chi connectivity index (χ4v) is 0.874. The Kier molecular flexibility index (Phi) is 2.25. The van der Waals surface area contributed by atoms with E-state index in [2.05, 4.69) is 9.97 Å². The molecule has 0 saturated carbocycles. The molecule has 1 aromatic heterocycles. The lowest BCUT2D eigenvalue weighted by Gasteiger charge is -1.93. The molecule has 1 heterocycles. The van der Waals surface area contributed by atoms with Gasteiger partial charge in [-0.2, -0.15) is 0 Å². The summed E-state index contributed by atoms with van der Waals surface area (Å²) in [7, 11) is 0. The second-order valence-electron chi connectivity index (χ2n) is 2.36. The highest BCUT2D eigenvalue weighted by Crippen LogP contribution is 2.03. The van der Waals surface area contributed by atoms with Crippen molar-refractivity contribution in [3.8, 4) is 0 Å². The van der Waals surface area contributed by atoms with E-state index < -0.39 is 5.97 Å². The zero-order valence-electron chi connectivity index (χ0n) is 6.29. The van der Waals surface area contributed by atoms with E-state index in [4.69, 9.17) is 5.11 Å². The van der Waals surface area contributed by atoms with Crippen LogP contribution in [0.25, 0.3) is 0 Å². The Bertz CT molecular complexity index is 255. The lowest BCUT2D eigenvalue weighted by atomic mass is 10.2. The van der Waals surface area contributed by atoms with Crippen molar-refractivity contribution in [3.05, 3.63) is 17.7 Å². The summed E-state index contributed by atoms with van der Waals surface area (Å²) < 4.78 is 0. The molecule has 4 nitrogen and oxygen atoms in total. The minimum absolute atomic E-state index is 0.156. The van der Waals surface area contributed by atoms with Crippen molar-refractivity contribution in [2.45, 2.75) is 19.8 Å². The average Bonchev–Trinajstić information content (AvgIpc) is 2.31. The number of nitrogens with zero attached hydrogens (tertiary/aromatic N) is 1. The Morgan fingerprint density at radius 2 is 2.55 bits per heavy atom. The number of H-pyrrole nitrogens is 1. The van der Waals surface area contributed by atoms with Gasteiger partial charge in [-0.1, -0.05) is 0 Å². The number of carboxylic acid groups (broad SMARTS) is 1. The molecule has 0 aliphatic heterocycles. The SMILES string of the molecule is Cc1nc[nH]c1CCC(=O)O. The number of nitrogens with one attached hydrogen (secondary N) is 1. The first kappa shape index (κ1) is 7.78. The number of aromatic amines is 1. The van der Waals surface area contributed by atoms with Crippen molar-refractivity contribution in [3.63, 3.8) is 0 Å². The van der Waals surface area contributed by atoms with Crippen LogP contribution < -0.4 is 0 Å². The molecule has 2 N–H and O–H groups in total. The third kappa shape index (κ3) is 2.07. The quantitative estimate of drug-likeness (QED) is 0.674. The van der Waals surface area contributed by atoms with E-state index in [1.807, 2.05) is 6.92 Å². The first-order chi connectivity index (χ1) is 5.20. The van der Waals surface area contributed by atoms with E-state index >= 15 is 0 Å². The number of carboxylic acids is 1. The van der Waals surface area contributed by atoms with Gasteiger partial charge in [-0.05, 0) is 13.3 Å². The van der Waals surface area contributed by atoms with Crippen molar-refractivity contribution in [2.24, 2.45) is 0 Å². The first-order valence-electron chi connectivity index (χ1n) is 3.41. The average molecular weight is 154 g/mol. The summed E-state index contributed by atoms with van der Waals surface area (Å²) in [6.07, 6.45) is 2.26. The molecular weight excluding hydrogens is 144 g/mol. The molecule has 0 saturated heterocycles. The number of imidazole rings is 1. The maximum atomic E-state index is 10.2. The van der Waals surface area contributed by atoms with Gasteiger partial charge in [0.15, 0.2) is 0 Å². The molecule has 0 unspecified atom stereocenters. The van der Waals surface area contributed by atoms with Crippen LogP contribution in [0.5, 0.6) is 0 Å². The number of aryl methyl sites for hydroxylation is 2. The van der Waals surface area contributed by atoms with Gasteiger partial charge in [0.25, 0.3) is 0 Å². The van der Waals surface area contributed by atoms with E-state index in [0.717, 1.165) is 11.4 Å². The maximum absolute atomic E-state index is 10.2. The molecule has 0 aliphatic rings. The van der Waals surface area contributed by atoms with Gasteiger partial charge < -0.3 is 10.1 Å². The molecule has 0 aromatic carbocycles. The topological polar surface area (TPSA) is 66.0 Å². The Morgan fingerprint density at radius 1 is 1.82 bits per heavy atom. The molecule has 60 valence electrons. The van der Waals surface area contributed by atoms with E-state index in [1.54, 1.807) is 6.33 Å². The van der Waals surface area contributed by atoms with Gasteiger partial charge in [0.1, 0.15) is 0 Å². The summed E-state index contributed by atoms with van der Waals surface area (Å²) in [6.45, 7) is 1.85. The Labute approximate surface area is 64.3 Å². The third-order valence-electron chi connectivity index (χ3n) is 1.52. The molecule has 0 aliphatic carbocycles. The Hall–Kier alpha value is -1.32. The number of hydrogen-bond donors (Lipinski definition) is 2. The Balaban J connectivity index is 2.51. The number of aliphatic carboxylic acids is 1. The van der Waals surface area contributed by atoms with E-state index in [-0.39, 0.29) is 6.42 Å². The van der Waals surface area contributed by atoms with Gasteiger partial charge in [-0.15, -0.1) is 0 Å². The molecule has 0 spiro atoms. The minimum Gasteiger partial charge on any atom is -0.481 e. The van der Waals surface area contributed by atoms with Gasteiger partial charge in [-0.3, -0.25) is 4.79 Å². The van der Waals surface area contributed by atoms with E-state index in [0.29, 0.717) is 6.42 Å². The van der Waals surface area contributed by atoms with Crippen molar-refractivity contribution in [2.75, 3.05) is 0 Å². The van der Waals surface area contributed by atoms with Gasteiger partial charge in [0.05, 0.1) is 18.4 Å². The fraction of sp³-hybridized carbons (Fsp3) is 0.429. The number of aromatic nitrogens is 2. The van der Waals surface area contributed by atoms with Crippen LogP contribution >= 0.6 is 0 Å². The van der Waals surface area contributed by atoms with Crippen LogP contribution in [0, 0.1) is 6.92 Å². The van der Waals surface area contributed by atoms with Crippen LogP contribution in [-0.2, 0) is 11.2 Å². The predicted molar refractivity (Wildman–Crippen MR) is 39.3 cm³/mol. The standard InChI is InChI=1S/C7H10N2O2/c1-5-6(9-4-8-5)2-3-7(10)11/h4H,2-3H2,1H3,(H,8,9)(H,10,11).